The number of thiophene rings is 1. The highest BCUT2D eigenvalue weighted by molar-refractivity contribution is 7.13. The molecule has 1 fully saturated rings. The summed E-state index contributed by atoms with van der Waals surface area (Å²) in [4.78, 5) is 14.7. The molecule has 3 rings (SSSR count). The summed E-state index contributed by atoms with van der Waals surface area (Å²) in [6, 6.07) is 4.26. The number of aromatic nitrogens is 2. The van der Waals surface area contributed by atoms with E-state index in [1.54, 1.807) is 11.3 Å². The second kappa shape index (κ2) is 9.28. The van der Waals surface area contributed by atoms with Crippen LogP contribution in [0.3, 0.4) is 0 Å². The van der Waals surface area contributed by atoms with E-state index in [9.17, 15) is 4.79 Å². The summed E-state index contributed by atoms with van der Waals surface area (Å²) in [5.74, 6) is 1.86. The lowest BCUT2D eigenvalue weighted by Gasteiger charge is -2.29. The minimum atomic E-state index is 0.130. The number of amides is 1. The smallest absolute Gasteiger partial charge is 0.275 e. The molecule has 1 aliphatic rings. The maximum absolute atomic E-state index is 12.5. The molecule has 2 aromatic rings. The summed E-state index contributed by atoms with van der Waals surface area (Å²) in [5, 5.41) is 13.5. The lowest BCUT2D eigenvalue weighted by Crippen LogP contribution is -3.12. The molecule has 1 aliphatic carbocycles. The summed E-state index contributed by atoms with van der Waals surface area (Å²) in [6.45, 7) is 6.31. The highest BCUT2D eigenvalue weighted by Gasteiger charge is 2.25. The highest BCUT2D eigenvalue weighted by atomic mass is 32.1. The van der Waals surface area contributed by atoms with Gasteiger partial charge in [0.2, 0.25) is 0 Å². The molecule has 1 amide bonds. The number of hydrogen-bond acceptors (Lipinski definition) is 5. The molecule has 0 aliphatic heterocycles. The molecule has 26 heavy (non-hydrogen) atoms. The van der Waals surface area contributed by atoms with Crippen LogP contribution < -0.4 is 10.2 Å². The van der Waals surface area contributed by atoms with Gasteiger partial charge in [0.05, 0.1) is 11.4 Å². The van der Waals surface area contributed by atoms with E-state index in [2.05, 4.69) is 29.4 Å². The van der Waals surface area contributed by atoms with Gasteiger partial charge in [-0.05, 0) is 36.6 Å². The molecule has 1 saturated carbocycles. The minimum Gasteiger partial charge on any atom is -0.414 e. The first kappa shape index (κ1) is 19.0. The molecule has 2 N–H and O–H groups in total. The van der Waals surface area contributed by atoms with Gasteiger partial charge in [0.15, 0.2) is 13.1 Å². The number of rotatable bonds is 8. The Bertz CT molecular complexity index is 686. The molecule has 6 nitrogen and oxygen atoms in total. The number of carbonyl (C=O) groups excluding carboxylic acids is 1. The Labute approximate surface area is 159 Å². The van der Waals surface area contributed by atoms with Crippen LogP contribution in [0.5, 0.6) is 0 Å². The number of quaternary nitrogens is 1. The monoisotopic (exact) mass is 377 g/mol. The predicted octanol–water partition coefficient (Wildman–Crippen LogP) is 2.29. The first-order valence-corrected chi connectivity index (χ1v) is 10.5. The van der Waals surface area contributed by atoms with Gasteiger partial charge in [-0.3, -0.25) is 4.79 Å². The number of hydrogen-bond donors (Lipinski definition) is 2. The fraction of sp³-hybridized carbons (Fsp3) is 0.632. The summed E-state index contributed by atoms with van der Waals surface area (Å²) in [6.07, 6.45) is 5.82. The van der Waals surface area contributed by atoms with Gasteiger partial charge in [-0.15, -0.1) is 21.5 Å². The van der Waals surface area contributed by atoms with Crippen molar-refractivity contribution in [2.75, 3.05) is 13.1 Å². The average molecular weight is 378 g/mol. The average Bonchev–Trinajstić information content (AvgIpc) is 3.28. The van der Waals surface area contributed by atoms with E-state index in [1.807, 2.05) is 17.5 Å². The van der Waals surface area contributed by atoms with Gasteiger partial charge in [-0.25, -0.2) is 0 Å². The van der Waals surface area contributed by atoms with Gasteiger partial charge >= 0.3 is 0 Å². The summed E-state index contributed by atoms with van der Waals surface area (Å²) in [5.41, 5.74) is 0. The van der Waals surface area contributed by atoms with Crippen LogP contribution in [0.15, 0.2) is 21.9 Å². The van der Waals surface area contributed by atoms with Gasteiger partial charge < -0.3 is 14.6 Å². The molecular formula is C19H29N4O2S+. The van der Waals surface area contributed by atoms with E-state index in [0.29, 0.717) is 36.8 Å². The Kier molecular flexibility index (Phi) is 6.80. The van der Waals surface area contributed by atoms with Crippen molar-refractivity contribution >= 4 is 17.2 Å². The zero-order valence-corrected chi connectivity index (χ0v) is 16.5. The van der Waals surface area contributed by atoms with Crippen LogP contribution in [0.2, 0.25) is 0 Å². The Balaban J connectivity index is 1.55. The third-order valence-corrected chi connectivity index (χ3v) is 5.93. The molecular weight excluding hydrogens is 348 g/mol. The quantitative estimate of drug-likeness (QED) is 0.740. The van der Waals surface area contributed by atoms with Gasteiger partial charge in [0.1, 0.15) is 0 Å². The van der Waals surface area contributed by atoms with Crippen LogP contribution in [-0.2, 0) is 11.3 Å². The van der Waals surface area contributed by atoms with E-state index in [-0.39, 0.29) is 5.91 Å². The highest BCUT2D eigenvalue weighted by Crippen LogP contribution is 2.24. The number of nitrogens with zero attached hydrogens (tertiary/aromatic N) is 2. The van der Waals surface area contributed by atoms with Crippen molar-refractivity contribution in [1.29, 1.82) is 0 Å². The molecule has 0 spiro atoms. The largest absolute Gasteiger partial charge is 0.414 e. The standard InChI is InChI=1S/C19H28N4O2S/c1-3-10-23(12-17(24)20-15-8-5-4-7-14(15)2)13-18-21-22-19(25-18)16-9-6-11-26-16/h6,9,11,14-15H,3-5,7-8,10,12-13H2,1-2H3,(H,20,24)/p+1/t14-,15-/m0/s1. The normalized spacial score (nSPS) is 21.5. The first-order valence-electron chi connectivity index (χ1n) is 9.65. The summed E-state index contributed by atoms with van der Waals surface area (Å²) in [7, 11) is 0. The number of carbonyl (C=O) groups is 1. The van der Waals surface area contributed by atoms with Gasteiger partial charge in [0, 0.05) is 6.04 Å². The van der Waals surface area contributed by atoms with Crippen molar-refractivity contribution in [2.24, 2.45) is 5.92 Å². The van der Waals surface area contributed by atoms with E-state index >= 15 is 0 Å². The lowest BCUT2D eigenvalue weighted by atomic mass is 9.86. The summed E-state index contributed by atoms with van der Waals surface area (Å²) < 4.78 is 5.79. The fourth-order valence-corrected chi connectivity index (χ4v) is 4.29. The molecule has 0 radical (unpaired) electrons. The maximum Gasteiger partial charge on any atom is 0.275 e. The predicted molar refractivity (Wildman–Crippen MR) is 102 cm³/mol. The zero-order chi connectivity index (χ0) is 18.4. The molecule has 0 bridgehead atoms. The van der Waals surface area contributed by atoms with E-state index in [4.69, 9.17) is 4.42 Å². The van der Waals surface area contributed by atoms with Gasteiger partial charge in [-0.2, -0.15) is 0 Å². The third-order valence-electron chi connectivity index (χ3n) is 5.07. The van der Waals surface area contributed by atoms with E-state index in [1.165, 1.54) is 19.3 Å². The third kappa shape index (κ3) is 5.14. The van der Waals surface area contributed by atoms with Crippen molar-refractivity contribution in [3.05, 3.63) is 23.4 Å². The molecule has 1 unspecified atom stereocenters. The fourth-order valence-electron chi connectivity index (χ4n) is 3.65. The Morgan fingerprint density at radius 2 is 2.23 bits per heavy atom. The van der Waals surface area contributed by atoms with Crippen LogP contribution in [-0.4, -0.2) is 35.2 Å². The SMILES string of the molecule is CCC[NH+](CC(=O)N[C@H]1CCCC[C@@H]1C)Cc1nnc(-c2cccs2)o1. The van der Waals surface area contributed by atoms with E-state index in [0.717, 1.165) is 29.2 Å². The molecule has 2 heterocycles. The van der Waals surface area contributed by atoms with Crippen molar-refractivity contribution in [3.8, 4) is 10.8 Å². The van der Waals surface area contributed by atoms with Crippen LogP contribution in [0.4, 0.5) is 0 Å². The van der Waals surface area contributed by atoms with Crippen LogP contribution in [0.1, 0.15) is 51.8 Å². The number of nitrogens with one attached hydrogen (secondary N) is 2. The van der Waals surface area contributed by atoms with Crippen LogP contribution in [0, 0.1) is 5.92 Å². The van der Waals surface area contributed by atoms with Crippen molar-refractivity contribution in [2.45, 2.75) is 58.5 Å². The van der Waals surface area contributed by atoms with Crippen molar-refractivity contribution in [1.82, 2.24) is 15.5 Å². The second-order valence-electron chi connectivity index (χ2n) is 7.27. The zero-order valence-electron chi connectivity index (χ0n) is 15.7. The Hall–Kier alpha value is -1.73. The van der Waals surface area contributed by atoms with E-state index < -0.39 is 0 Å². The summed E-state index contributed by atoms with van der Waals surface area (Å²) >= 11 is 1.58. The first-order chi connectivity index (χ1) is 12.7. The van der Waals surface area contributed by atoms with Gasteiger partial charge in [-0.1, -0.05) is 32.8 Å². The maximum atomic E-state index is 12.5. The molecule has 7 heteroatoms. The van der Waals surface area contributed by atoms with Crippen LogP contribution >= 0.6 is 11.3 Å². The topological polar surface area (TPSA) is 72.5 Å². The second-order valence-corrected chi connectivity index (χ2v) is 8.22. The van der Waals surface area contributed by atoms with Gasteiger partial charge in [0.25, 0.3) is 17.7 Å². The Morgan fingerprint density at radius 3 is 2.96 bits per heavy atom. The van der Waals surface area contributed by atoms with Crippen molar-refractivity contribution in [3.63, 3.8) is 0 Å². The van der Waals surface area contributed by atoms with Crippen molar-refractivity contribution < 1.29 is 14.1 Å². The Morgan fingerprint density at radius 1 is 1.38 bits per heavy atom. The van der Waals surface area contributed by atoms with Crippen LogP contribution in [0.25, 0.3) is 10.8 Å². The minimum absolute atomic E-state index is 0.130. The molecule has 0 saturated heterocycles. The molecule has 3 atom stereocenters. The molecule has 2 aromatic heterocycles. The molecule has 0 aromatic carbocycles. The molecule has 142 valence electrons. The lowest BCUT2D eigenvalue weighted by molar-refractivity contribution is -0.907.